The molecule has 1 N–H and O–H groups in total. The summed E-state index contributed by atoms with van der Waals surface area (Å²) in [5.41, 5.74) is 0.727. The molecule has 1 fully saturated rings. The van der Waals surface area contributed by atoms with Gasteiger partial charge in [0.05, 0.1) is 13.2 Å². The standard InChI is InChI=1S/C15H19NO3/c1-10-12(5-6-16-10)15(17)11-3-4-13-14(9-11)19-8-2-7-18-13/h3-4,9-10,12,16H,2,5-8H2,1H3. The zero-order valence-corrected chi connectivity index (χ0v) is 11.1. The Labute approximate surface area is 113 Å². The second-order valence-electron chi connectivity index (χ2n) is 5.21. The predicted molar refractivity (Wildman–Crippen MR) is 72.0 cm³/mol. The van der Waals surface area contributed by atoms with Crippen molar-refractivity contribution >= 4 is 5.78 Å². The first-order chi connectivity index (χ1) is 9.25. The fraction of sp³-hybridized carbons (Fsp3) is 0.533. The topological polar surface area (TPSA) is 47.6 Å². The van der Waals surface area contributed by atoms with Crippen LogP contribution in [0.5, 0.6) is 11.5 Å². The molecular formula is C15H19NO3. The summed E-state index contributed by atoms with van der Waals surface area (Å²) in [4.78, 5) is 12.5. The highest BCUT2D eigenvalue weighted by atomic mass is 16.5. The van der Waals surface area contributed by atoms with Gasteiger partial charge in [-0.2, -0.15) is 0 Å². The smallest absolute Gasteiger partial charge is 0.167 e. The molecule has 2 aliphatic heterocycles. The summed E-state index contributed by atoms with van der Waals surface area (Å²) in [6.07, 6.45) is 1.79. The number of ether oxygens (including phenoxy) is 2. The lowest BCUT2D eigenvalue weighted by atomic mass is 9.92. The third kappa shape index (κ3) is 2.45. The number of fused-ring (bicyclic) bond motifs is 1. The second kappa shape index (κ2) is 5.21. The number of rotatable bonds is 2. The molecule has 3 rings (SSSR count). The van der Waals surface area contributed by atoms with Crippen molar-refractivity contribution < 1.29 is 14.3 Å². The fourth-order valence-electron chi connectivity index (χ4n) is 2.75. The summed E-state index contributed by atoms with van der Waals surface area (Å²) in [5, 5.41) is 3.32. The van der Waals surface area contributed by atoms with E-state index in [2.05, 4.69) is 12.2 Å². The van der Waals surface area contributed by atoms with Gasteiger partial charge in [-0.25, -0.2) is 0 Å². The first-order valence-corrected chi connectivity index (χ1v) is 6.93. The minimum atomic E-state index is 0.0738. The van der Waals surface area contributed by atoms with Gasteiger partial charge in [0.2, 0.25) is 0 Å². The molecule has 0 amide bonds. The van der Waals surface area contributed by atoms with E-state index < -0.39 is 0 Å². The molecule has 1 aromatic carbocycles. The number of hydrogen-bond acceptors (Lipinski definition) is 4. The first-order valence-electron chi connectivity index (χ1n) is 6.93. The predicted octanol–water partition coefficient (Wildman–Crippen LogP) is 2.03. The van der Waals surface area contributed by atoms with E-state index in [-0.39, 0.29) is 17.7 Å². The van der Waals surface area contributed by atoms with Gasteiger partial charge in [-0.1, -0.05) is 0 Å². The summed E-state index contributed by atoms with van der Waals surface area (Å²) >= 11 is 0. The molecule has 0 spiro atoms. The van der Waals surface area contributed by atoms with E-state index >= 15 is 0 Å². The van der Waals surface area contributed by atoms with E-state index in [1.165, 1.54) is 0 Å². The van der Waals surface area contributed by atoms with Gasteiger partial charge in [-0.05, 0) is 38.1 Å². The number of benzene rings is 1. The maximum atomic E-state index is 12.5. The highest BCUT2D eigenvalue weighted by Gasteiger charge is 2.30. The summed E-state index contributed by atoms with van der Waals surface area (Å²) < 4.78 is 11.2. The van der Waals surface area contributed by atoms with Crippen molar-refractivity contribution in [3.63, 3.8) is 0 Å². The minimum absolute atomic E-state index is 0.0738. The number of nitrogens with one attached hydrogen (secondary N) is 1. The highest BCUT2D eigenvalue weighted by Crippen LogP contribution is 2.32. The Balaban J connectivity index is 1.85. The molecule has 0 aromatic heterocycles. The fourth-order valence-corrected chi connectivity index (χ4v) is 2.75. The van der Waals surface area contributed by atoms with E-state index in [1.807, 2.05) is 18.2 Å². The summed E-state index contributed by atoms with van der Waals surface area (Å²) in [5.74, 6) is 1.71. The zero-order chi connectivity index (χ0) is 13.2. The van der Waals surface area contributed by atoms with Crippen LogP contribution in [-0.4, -0.2) is 31.6 Å². The quantitative estimate of drug-likeness (QED) is 0.828. The van der Waals surface area contributed by atoms with Crippen molar-refractivity contribution in [1.29, 1.82) is 0 Å². The highest BCUT2D eigenvalue weighted by molar-refractivity contribution is 5.99. The Hall–Kier alpha value is -1.55. The van der Waals surface area contributed by atoms with Gasteiger partial charge in [0.25, 0.3) is 0 Å². The molecule has 0 aliphatic carbocycles. The molecule has 4 heteroatoms. The van der Waals surface area contributed by atoms with E-state index in [0.29, 0.717) is 19.0 Å². The van der Waals surface area contributed by atoms with E-state index in [9.17, 15) is 4.79 Å². The molecular weight excluding hydrogens is 242 g/mol. The Morgan fingerprint density at radius 3 is 2.79 bits per heavy atom. The van der Waals surface area contributed by atoms with Crippen molar-refractivity contribution in [3.05, 3.63) is 23.8 Å². The summed E-state index contributed by atoms with van der Waals surface area (Å²) in [6, 6.07) is 5.78. The molecule has 0 saturated carbocycles. The van der Waals surface area contributed by atoms with Crippen LogP contribution in [0.25, 0.3) is 0 Å². The third-order valence-corrected chi connectivity index (χ3v) is 3.89. The summed E-state index contributed by atoms with van der Waals surface area (Å²) in [6.45, 7) is 4.30. The van der Waals surface area contributed by atoms with Crippen LogP contribution in [0.15, 0.2) is 18.2 Å². The number of hydrogen-bond donors (Lipinski definition) is 1. The van der Waals surface area contributed by atoms with E-state index in [4.69, 9.17) is 9.47 Å². The monoisotopic (exact) mass is 261 g/mol. The van der Waals surface area contributed by atoms with Crippen LogP contribution in [0.4, 0.5) is 0 Å². The van der Waals surface area contributed by atoms with Crippen LogP contribution in [-0.2, 0) is 0 Å². The van der Waals surface area contributed by atoms with Crippen molar-refractivity contribution in [3.8, 4) is 11.5 Å². The van der Waals surface area contributed by atoms with Gasteiger partial charge in [0, 0.05) is 23.9 Å². The molecule has 2 aliphatic rings. The van der Waals surface area contributed by atoms with Gasteiger partial charge in [0.15, 0.2) is 17.3 Å². The van der Waals surface area contributed by atoms with E-state index in [0.717, 1.165) is 30.7 Å². The number of Topliss-reactive ketones (excluding diaryl/α,β-unsaturated/α-hetero) is 1. The molecule has 4 nitrogen and oxygen atoms in total. The maximum Gasteiger partial charge on any atom is 0.167 e. The molecule has 1 aromatic rings. The summed E-state index contributed by atoms with van der Waals surface area (Å²) in [7, 11) is 0. The lowest BCUT2D eigenvalue weighted by Crippen LogP contribution is -2.28. The van der Waals surface area contributed by atoms with Crippen molar-refractivity contribution in [2.75, 3.05) is 19.8 Å². The molecule has 1 saturated heterocycles. The lowest BCUT2D eigenvalue weighted by molar-refractivity contribution is 0.0913. The Bertz CT molecular complexity index is 486. The molecule has 0 bridgehead atoms. The van der Waals surface area contributed by atoms with Crippen molar-refractivity contribution in [1.82, 2.24) is 5.32 Å². The molecule has 102 valence electrons. The van der Waals surface area contributed by atoms with E-state index in [1.54, 1.807) is 0 Å². The van der Waals surface area contributed by atoms with Crippen LogP contribution in [0.3, 0.4) is 0 Å². The molecule has 2 heterocycles. The Morgan fingerprint density at radius 1 is 1.26 bits per heavy atom. The average molecular weight is 261 g/mol. The average Bonchev–Trinajstić information content (AvgIpc) is 2.72. The van der Waals surface area contributed by atoms with Crippen LogP contribution < -0.4 is 14.8 Å². The van der Waals surface area contributed by atoms with Crippen molar-refractivity contribution in [2.24, 2.45) is 5.92 Å². The Kier molecular flexibility index (Phi) is 3.42. The normalized spacial score (nSPS) is 25.9. The molecule has 2 unspecified atom stereocenters. The second-order valence-corrected chi connectivity index (χ2v) is 5.21. The van der Waals surface area contributed by atoms with Crippen LogP contribution >= 0.6 is 0 Å². The first kappa shape index (κ1) is 12.5. The molecule has 0 radical (unpaired) electrons. The molecule has 2 atom stereocenters. The largest absolute Gasteiger partial charge is 0.490 e. The van der Waals surface area contributed by atoms with Gasteiger partial charge < -0.3 is 14.8 Å². The molecule has 19 heavy (non-hydrogen) atoms. The van der Waals surface area contributed by atoms with Crippen LogP contribution in [0.2, 0.25) is 0 Å². The van der Waals surface area contributed by atoms with Gasteiger partial charge in [-0.15, -0.1) is 0 Å². The third-order valence-electron chi connectivity index (χ3n) is 3.89. The van der Waals surface area contributed by atoms with Crippen molar-refractivity contribution in [2.45, 2.75) is 25.8 Å². The van der Waals surface area contributed by atoms with Gasteiger partial charge in [0.1, 0.15) is 0 Å². The SMILES string of the molecule is CC1NCCC1C(=O)c1ccc2c(c1)OCCCO2. The number of carbonyl (C=O) groups excluding carboxylic acids is 1. The lowest BCUT2D eigenvalue weighted by Gasteiger charge is -2.15. The maximum absolute atomic E-state index is 12.5. The van der Waals surface area contributed by atoms with Gasteiger partial charge >= 0.3 is 0 Å². The van der Waals surface area contributed by atoms with Crippen LogP contribution in [0.1, 0.15) is 30.1 Å². The number of carbonyl (C=O) groups is 1. The minimum Gasteiger partial charge on any atom is -0.490 e. The van der Waals surface area contributed by atoms with Gasteiger partial charge in [-0.3, -0.25) is 4.79 Å². The Morgan fingerprint density at radius 2 is 2.05 bits per heavy atom. The zero-order valence-electron chi connectivity index (χ0n) is 11.1. The van der Waals surface area contributed by atoms with Crippen LogP contribution in [0, 0.1) is 5.92 Å². The number of ketones is 1.